The van der Waals surface area contributed by atoms with Gasteiger partial charge in [-0.3, -0.25) is 4.68 Å². The van der Waals surface area contributed by atoms with Crippen LogP contribution >= 0.6 is 11.6 Å². The van der Waals surface area contributed by atoms with Gasteiger partial charge in [-0.1, -0.05) is 77.4 Å². The predicted octanol–water partition coefficient (Wildman–Crippen LogP) is 8.80. The Balaban J connectivity index is 1.62. The molecule has 0 bridgehead atoms. The van der Waals surface area contributed by atoms with Crippen molar-refractivity contribution in [3.05, 3.63) is 106 Å². The average Bonchev–Trinajstić information content (AvgIpc) is 3.58. The van der Waals surface area contributed by atoms with E-state index in [1.54, 1.807) is 25.4 Å². The summed E-state index contributed by atoms with van der Waals surface area (Å²) in [6.07, 6.45) is 2.82. The first-order valence-corrected chi connectivity index (χ1v) is 18.0. The monoisotopic (exact) mass is 647 g/mol. The number of fused-ring (bicyclic) bond motifs is 1. The fourth-order valence-corrected chi connectivity index (χ4v) is 13.9. The second-order valence-corrected chi connectivity index (χ2v) is 18.8. The number of pyridine rings is 1. The predicted molar refractivity (Wildman–Crippen MR) is 183 cm³/mol. The van der Waals surface area contributed by atoms with Crippen molar-refractivity contribution in [1.29, 1.82) is 0 Å². The Hall–Kier alpha value is -3.66. The first-order chi connectivity index (χ1) is 21.4. The van der Waals surface area contributed by atoms with Crippen LogP contribution in [-0.2, 0) is 13.1 Å². The van der Waals surface area contributed by atoms with Crippen LogP contribution in [0.15, 0.2) is 73.1 Å². The zero-order valence-corrected chi connectivity index (χ0v) is 28.8. The van der Waals surface area contributed by atoms with Crippen molar-refractivity contribution in [3.8, 4) is 5.75 Å². The minimum atomic E-state index is -2.22. The summed E-state index contributed by atoms with van der Waals surface area (Å²) in [5.74, 6) is 1.10. The van der Waals surface area contributed by atoms with Gasteiger partial charge in [-0.05, 0) is 58.1 Å². The van der Waals surface area contributed by atoms with Crippen LogP contribution in [0.3, 0.4) is 0 Å². The van der Waals surface area contributed by atoms with Crippen molar-refractivity contribution < 1.29 is 14.2 Å². The van der Waals surface area contributed by atoms with Gasteiger partial charge >= 0.3 is 0 Å². The van der Waals surface area contributed by atoms with Gasteiger partial charge in [0.15, 0.2) is 8.24 Å². The van der Waals surface area contributed by atoms with Gasteiger partial charge in [0.2, 0.25) is 0 Å². The molecule has 3 heterocycles. The Morgan fingerprint density at radius 3 is 2.16 bits per heavy atom. The summed E-state index contributed by atoms with van der Waals surface area (Å²) < 4.78 is 23.1. The molecule has 0 amide bonds. The number of aliphatic hydroxyl groups excluding tert-OH is 1. The van der Waals surface area contributed by atoms with E-state index in [1.807, 2.05) is 41.1 Å². The van der Waals surface area contributed by atoms with Crippen molar-refractivity contribution in [2.75, 3.05) is 12.4 Å². The third-order valence-electron chi connectivity index (χ3n) is 9.10. The molecule has 45 heavy (non-hydrogen) atoms. The first-order valence-electron chi connectivity index (χ1n) is 15.5. The summed E-state index contributed by atoms with van der Waals surface area (Å²) in [5.41, 5.74) is 5.46. The van der Waals surface area contributed by atoms with Crippen molar-refractivity contribution in [2.45, 2.75) is 77.4 Å². The van der Waals surface area contributed by atoms with E-state index in [0.29, 0.717) is 46.2 Å². The van der Waals surface area contributed by atoms with E-state index >= 15 is 0 Å². The molecule has 238 valence electrons. The van der Waals surface area contributed by atoms with Crippen LogP contribution in [0.2, 0.25) is 21.6 Å². The standard InChI is InChI=1S/C35H43ClFN5O2Si/c1-22(2)45(23(3)4,24(5)6)42-21-31(30-16-27(36)19-39-35(30)42)34(43)32-17-33(38-18-25-8-12-28(37)13-9-25)40-41(32)20-26-10-14-29(44-7)15-11-26/h8-17,19,21-24,34,43H,18,20H2,1-7H3,(H,38,40). The van der Waals surface area contributed by atoms with Gasteiger partial charge in [0, 0.05) is 36.0 Å². The summed E-state index contributed by atoms with van der Waals surface area (Å²) in [4.78, 5) is 4.85. The molecule has 0 saturated heterocycles. The molecule has 0 radical (unpaired) electrons. The lowest BCUT2D eigenvalue weighted by Gasteiger charge is -2.44. The smallest absolute Gasteiger partial charge is 0.171 e. The molecule has 0 fully saturated rings. The van der Waals surface area contributed by atoms with E-state index in [9.17, 15) is 9.50 Å². The summed E-state index contributed by atoms with van der Waals surface area (Å²) >= 11 is 6.53. The molecule has 5 aromatic rings. The number of nitrogens with one attached hydrogen (secondary N) is 1. The lowest BCUT2D eigenvalue weighted by molar-refractivity contribution is 0.210. The van der Waals surface area contributed by atoms with Crippen molar-refractivity contribution in [1.82, 2.24) is 19.0 Å². The van der Waals surface area contributed by atoms with Crippen molar-refractivity contribution in [2.24, 2.45) is 0 Å². The average molecular weight is 648 g/mol. The maximum atomic E-state index is 13.5. The van der Waals surface area contributed by atoms with E-state index in [4.69, 9.17) is 26.4 Å². The lowest BCUT2D eigenvalue weighted by atomic mass is 10.1. The number of ether oxygens (including phenoxy) is 1. The number of methoxy groups -OCH3 is 1. The normalized spacial score (nSPS) is 12.9. The summed E-state index contributed by atoms with van der Waals surface area (Å²) in [6, 6.07) is 18.0. The minimum Gasteiger partial charge on any atom is -0.497 e. The van der Waals surface area contributed by atoms with E-state index in [-0.39, 0.29) is 5.82 Å². The summed E-state index contributed by atoms with van der Waals surface area (Å²) in [7, 11) is -0.576. The van der Waals surface area contributed by atoms with Crippen LogP contribution in [0, 0.1) is 5.82 Å². The Labute approximate surface area is 271 Å². The molecule has 5 rings (SSSR count). The zero-order chi connectivity index (χ0) is 32.5. The SMILES string of the molecule is COc1ccc(Cn2nc(NCc3ccc(F)cc3)cc2C(O)c2cn([Si](C(C)C)(C(C)C)C(C)C)c3ncc(Cl)cc23)cc1. The van der Waals surface area contributed by atoms with Gasteiger partial charge in [-0.25, -0.2) is 9.37 Å². The molecular weight excluding hydrogens is 605 g/mol. The minimum absolute atomic E-state index is 0.277. The highest BCUT2D eigenvalue weighted by atomic mass is 35.5. The van der Waals surface area contributed by atoms with Crippen LogP contribution in [0.25, 0.3) is 11.0 Å². The summed E-state index contributed by atoms with van der Waals surface area (Å²) in [6.45, 7) is 14.8. The largest absolute Gasteiger partial charge is 0.497 e. The molecule has 2 N–H and O–H groups in total. The highest BCUT2D eigenvalue weighted by Crippen LogP contribution is 2.46. The van der Waals surface area contributed by atoms with Crippen LogP contribution in [0.5, 0.6) is 5.75 Å². The number of hydrogen-bond donors (Lipinski definition) is 2. The highest BCUT2D eigenvalue weighted by Gasteiger charge is 2.46. The Morgan fingerprint density at radius 2 is 1.56 bits per heavy atom. The van der Waals surface area contributed by atoms with Crippen LogP contribution < -0.4 is 10.1 Å². The maximum absolute atomic E-state index is 13.5. The number of hydrogen-bond acceptors (Lipinski definition) is 5. The quantitative estimate of drug-likeness (QED) is 0.132. The van der Waals surface area contributed by atoms with E-state index in [0.717, 1.165) is 33.5 Å². The second-order valence-electron chi connectivity index (χ2n) is 12.7. The fourth-order valence-electron chi connectivity index (χ4n) is 7.18. The molecule has 1 unspecified atom stereocenters. The molecule has 2 aromatic carbocycles. The molecule has 1 atom stereocenters. The van der Waals surface area contributed by atoms with E-state index in [1.165, 1.54) is 12.1 Å². The lowest BCUT2D eigenvalue weighted by Crippen LogP contribution is -2.51. The molecule has 10 heteroatoms. The molecule has 7 nitrogen and oxygen atoms in total. The van der Waals surface area contributed by atoms with Crippen molar-refractivity contribution >= 4 is 36.7 Å². The van der Waals surface area contributed by atoms with Crippen LogP contribution in [-0.4, -0.2) is 39.4 Å². The Morgan fingerprint density at radius 1 is 0.933 bits per heavy atom. The summed E-state index contributed by atoms with van der Waals surface area (Å²) in [5, 5.41) is 21.8. The third kappa shape index (κ3) is 6.39. The first kappa shape index (κ1) is 32.7. The molecule has 0 aliphatic rings. The number of aliphatic hydroxyl groups is 1. The molecule has 3 aromatic heterocycles. The van der Waals surface area contributed by atoms with Crippen molar-refractivity contribution in [3.63, 3.8) is 0 Å². The Bertz CT molecular complexity index is 1730. The molecule has 0 aliphatic carbocycles. The van der Waals surface area contributed by atoms with Gasteiger partial charge in [0.25, 0.3) is 0 Å². The number of halogens is 2. The molecule has 0 spiro atoms. The third-order valence-corrected chi connectivity index (χ3v) is 16.0. The number of nitrogens with zero attached hydrogens (tertiary/aromatic N) is 4. The number of aromatic nitrogens is 4. The molecule has 0 saturated carbocycles. The van der Waals surface area contributed by atoms with Crippen LogP contribution in [0.1, 0.15) is 70.0 Å². The van der Waals surface area contributed by atoms with E-state index < -0.39 is 14.3 Å². The van der Waals surface area contributed by atoms with Crippen LogP contribution in [0.4, 0.5) is 10.2 Å². The zero-order valence-electron chi connectivity index (χ0n) is 27.1. The topological polar surface area (TPSA) is 77.1 Å². The van der Waals surface area contributed by atoms with E-state index in [2.05, 4.69) is 57.3 Å². The molecular formula is C35H43ClFN5O2Si. The molecule has 0 aliphatic heterocycles. The van der Waals surface area contributed by atoms with Gasteiger partial charge in [0.1, 0.15) is 29.1 Å². The Kier molecular flexibility index (Phi) is 9.72. The highest BCUT2D eigenvalue weighted by molar-refractivity contribution is 6.82. The maximum Gasteiger partial charge on any atom is 0.171 e. The number of anilines is 1. The van der Waals surface area contributed by atoms with Gasteiger partial charge in [-0.15, -0.1) is 0 Å². The van der Waals surface area contributed by atoms with Gasteiger partial charge in [0.05, 0.1) is 24.4 Å². The fraction of sp³-hybridized carbons (Fsp3) is 0.371. The second kappa shape index (κ2) is 13.4. The number of rotatable bonds is 12. The van der Waals surface area contributed by atoms with Gasteiger partial charge < -0.3 is 19.4 Å². The number of benzene rings is 2. The van der Waals surface area contributed by atoms with Gasteiger partial charge in [-0.2, -0.15) is 5.10 Å².